The highest BCUT2D eigenvalue weighted by Crippen LogP contribution is 2.42. The average Bonchev–Trinajstić information content (AvgIpc) is 4.00. The van der Waals surface area contributed by atoms with Gasteiger partial charge in [-0.05, 0) is 149 Å². The minimum atomic E-state index is -4.79. The largest absolute Gasteiger partial charge is 0.490 e. The zero-order valence-corrected chi connectivity index (χ0v) is 46.2. The summed E-state index contributed by atoms with van der Waals surface area (Å²) in [5.41, 5.74) is 2.03. The van der Waals surface area contributed by atoms with Crippen LogP contribution in [0.4, 0.5) is 29.9 Å². The normalized spacial score (nSPS) is 19.3. The number of thiazole rings is 1. The number of pyridine rings is 2. The van der Waals surface area contributed by atoms with E-state index in [9.17, 15) is 19.2 Å². The number of unbranched alkanes of at least 4 members (excludes halogenated alkanes) is 1. The number of piperazine rings is 1. The number of hydrogen-bond acceptors (Lipinski definition) is 14. The Kier molecular flexibility index (Phi) is 15.4. The Labute approximate surface area is 466 Å². The average molecular weight is 1110 g/mol. The molecule has 1 unspecified atom stereocenters. The first-order valence-electron chi connectivity index (χ1n) is 27.7. The Bertz CT molecular complexity index is 3450. The minimum absolute atomic E-state index is 0.0150. The Morgan fingerprint density at radius 3 is 2.33 bits per heavy atom. The third-order valence-electron chi connectivity index (χ3n) is 15.8. The number of nitrogens with zero attached hydrogens (tertiary/aromatic N) is 8. The second kappa shape index (κ2) is 22.6. The lowest BCUT2D eigenvalue weighted by atomic mass is 9.84. The van der Waals surface area contributed by atoms with Crippen molar-refractivity contribution >= 4 is 73.0 Å². The van der Waals surface area contributed by atoms with E-state index in [1.54, 1.807) is 43.7 Å². The maximum atomic E-state index is 15.2. The second-order valence-corrected chi connectivity index (χ2v) is 23.5. The number of halogens is 3. The summed E-state index contributed by atoms with van der Waals surface area (Å²) >= 11 is 1.38. The van der Waals surface area contributed by atoms with Gasteiger partial charge in [0, 0.05) is 69.3 Å². The number of benzene rings is 3. The third-order valence-corrected chi connectivity index (χ3v) is 16.8. The lowest BCUT2D eigenvalue weighted by Gasteiger charge is -2.35. The van der Waals surface area contributed by atoms with Crippen LogP contribution >= 0.6 is 11.3 Å². The van der Waals surface area contributed by atoms with Crippen molar-refractivity contribution in [2.24, 2.45) is 13.0 Å². The summed E-state index contributed by atoms with van der Waals surface area (Å²) in [6, 6.07) is 24.3. The van der Waals surface area contributed by atoms with Crippen molar-refractivity contribution in [1.29, 1.82) is 0 Å². The van der Waals surface area contributed by atoms with Gasteiger partial charge >= 0.3 is 12.1 Å². The number of carbonyl (C=O) groups excluding carboxylic acids is 4. The molecule has 3 amide bonds. The summed E-state index contributed by atoms with van der Waals surface area (Å²) in [5.74, 6) is -0.314. The van der Waals surface area contributed by atoms with Crippen molar-refractivity contribution in [3.63, 3.8) is 0 Å². The van der Waals surface area contributed by atoms with E-state index >= 15 is 13.2 Å². The molecule has 80 heavy (non-hydrogen) atoms. The van der Waals surface area contributed by atoms with Gasteiger partial charge in [0.05, 0.1) is 33.5 Å². The Hall–Kier alpha value is -7.45. The van der Waals surface area contributed by atoms with Crippen LogP contribution in [0.5, 0.6) is 5.75 Å². The Morgan fingerprint density at radius 1 is 0.800 bits per heavy atom. The number of alkyl halides is 3. The van der Waals surface area contributed by atoms with Crippen molar-refractivity contribution in [2.75, 3.05) is 54.4 Å². The van der Waals surface area contributed by atoms with Gasteiger partial charge in [0.2, 0.25) is 11.8 Å². The number of anilines is 3. The van der Waals surface area contributed by atoms with E-state index in [2.05, 4.69) is 30.5 Å². The van der Waals surface area contributed by atoms with Crippen molar-refractivity contribution in [2.45, 2.75) is 115 Å². The molecule has 418 valence electrons. The summed E-state index contributed by atoms with van der Waals surface area (Å²) < 4.78 is 60.2. The van der Waals surface area contributed by atoms with Crippen LogP contribution < -0.4 is 25.2 Å². The number of aryl methyl sites for hydroxylation is 1. The fraction of sp³-hybridized carbons (Fsp3) is 0.433. The summed E-state index contributed by atoms with van der Waals surface area (Å²) in [6.45, 7) is 10.4. The smallest absolute Gasteiger partial charge is 0.417 e. The van der Waals surface area contributed by atoms with Crippen molar-refractivity contribution in [3.05, 3.63) is 119 Å². The lowest BCUT2D eigenvalue weighted by molar-refractivity contribution is -0.137. The van der Waals surface area contributed by atoms with E-state index in [1.165, 1.54) is 23.5 Å². The molecule has 11 rings (SSSR count). The van der Waals surface area contributed by atoms with Crippen LogP contribution in [0.1, 0.15) is 128 Å². The maximum Gasteiger partial charge on any atom is 0.417 e. The van der Waals surface area contributed by atoms with Crippen LogP contribution in [0.2, 0.25) is 0 Å². The number of carbonyl (C=O) groups is 4. The van der Waals surface area contributed by atoms with Gasteiger partial charge in [0.25, 0.3) is 5.91 Å². The summed E-state index contributed by atoms with van der Waals surface area (Å²) in [6.07, 6.45) is 2.93. The van der Waals surface area contributed by atoms with Crippen LogP contribution in [0.25, 0.3) is 32.4 Å². The van der Waals surface area contributed by atoms with Gasteiger partial charge in [-0.3, -0.25) is 34.6 Å². The molecule has 2 saturated heterocycles. The summed E-state index contributed by atoms with van der Waals surface area (Å²) in [7, 11) is 1.83. The highest BCUT2D eigenvalue weighted by Gasteiger charge is 2.38. The third kappa shape index (κ3) is 12.0. The van der Waals surface area contributed by atoms with Crippen LogP contribution in [-0.2, 0) is 40.5 Å². The number of ether oxygens (including phenoxy) is 2. The molecule has 1 saturated carbocycles. The second-order valence-electron chi connectivity index (χ2n) is 22.5. The predicted octanol–water partition coefficient (Wildman–Crippen LogP) is 10.9. The highest BCUT2D eigenvalue weighted by atomic mass is 32.1. The van der Waals surface area contributed by atoms with E-state index in [1.807, 2.05) is 60.5 Å². The molecule has 1 aliphatic carbocycles. The standard InChI is InChI=1S/C60H65F3N10O6S/c1-59(2,3)79-57(77)53-41(21-24-49(65-53)73-29-27-37-11-9-12-42(45(37)35-73)55(75)68-58-64-47-13-5-6-14-48(47)80-58)40-20-19-39(34-46(40)60(61,62)63)78-38-17-15-36(16-18-38)10-7-8-28-71-30-32-72(33-31-71)50-25-22-43-52(69-70(4)54(43)66-50)44-23-26-51(74)67-56(44)76/h5-6,9,11-14,19-22,24-25,34,36,38,44H,7-8,10,15-18,23,26-33,35H2,1-4H3,(H,64,68,75)(H,67,74,76). The molecule has 2 N–H and O–H groups in total. The van der Waals surface area contributed by atoms with Crippen molar-refractivity contribution < 1.29 is 41.8 Å². The van der Waals surface area contributed by atoms with Crippen molar-refractivity contribution in [1.82, 2.24) is 34.9 Å². The van der Waals surface area contributed by atoms with Crippen LogP contribution in [0.3, 0.4) is 0 Å². The fourth-order valence-electron chi connectivity index (χ4n) is 11.7. The number of esters is 1. The first-order valence-corrected chi connectivity index (χ1v) is 28.5. The molecule has 0 spiro atoms. The van der Waals surface area contributed by atoms with E-state index in [0.29, 0.717) is 59.6 Å². The number of nitrogens with one attached hydrogen (secondary N) is 2. The number of fused-ring (bicyclic) bond motifs is 3. The van der Waals surface area contributed by atoms with Gasteiger partial charge < -0.3 is 19.3 Å². The predicted molar refractivity (Wildman–Crippen MR) is 301 cm³/mol. The van der Waals surface area contributed by atoms with Gasteiger partial charge in [-0.2, -0.15) is 18.3 Å². The molecule has 1 atom stereocenters. The molecule has 3 fully saturated rings. The SMILES string of the molecule is Cn1nc(C2CCC(=O)NC2=O)c2ccc(N3CCN(CCCCC4CCC(Oc5ccc(-c6ccc(N7CCc8cccc(C(=O)Nc9nc%10ccccc%10s9)c8C7)nc6C(=O)OC(C)(C)C)c(C(F)(F)F)c5)CC4)CC3)nc21. The van der Waals surface area contributed by atoms with Gasteiger partial charge in [0.1, 0.15) is 23.0 Å². The molecule has 20 heteroatoms. The number of hydrogen-bond donors (Lipinski definition) is 2. The number of piperidine rings is 1. The monoisotopic (exact) mass is 1110 g/mol. The van der Waals surface area contributed by atoms with E-state index in [4.69, 9.17) is 19.4 Å². The first-order chi connectivity index (χ1) is 38.4. The molecule has 4 aromatic heterocycles. The zero-order valence-electron chi connectivity index (χ0n) is 45.4. The number of para-hydroxylation sites is 1. The molecular formula is C60H65F3N10O6S. The minimum Gasteiger partial charge on any atom is -0.490 e. The molecule has 3 aromatic carbocycles. The molecular weight excluding hydrogens is 1050 g/mol. The van der Waals surface area contributed by atoms with E-state index in [-0.39, 0.29) is 52.9 Å². The molecule has 7 heterocycles. The zero-order chi connectivity index (χ0) is 55.9. The topological polar surface area (TPSA) is 177 Å². The van der Waals surface area contributed by atoms with Gasteiger partial charge in [-0.15, -0.1) is 0 Å². The van der Waals surface area contributed by atoms with Gasteiger partial charge in [-0.1, -0.05) is 54.5 Å². The Balaban J connectivity index is 0.690. The van der Waals surface area contributed by atoms with Crippen LogP contribution in [0.15, 0.2) is 84.9 Å². The summed E-state index contributed by atoms with van der Waals surface area (Å²) in [5, 5.41) is 11.3. The molecule has 16 nitrogen and oxygen atoms in total. The summed E-state index contributed by atoms with van der Waals surface area (Å²) in [4.78, 5) is 73.0. The number of imide groups is 1. The Morgan fingerprint density at radius 2 is 1.56 bits per heavy atom. The molecule has 0 radical (unpaired) electrons. The van der Waals surface area contributed by atoms with Crippen molar-refractivity contribution in [3.8, 4) is 16.9 Å². The molecule has 7 aromatic rings. The fourth-order valence-corrected chi connectivity index (χ4v) is 12.6. The van der Waals surface area contributed by atoms with Gasteiger partial charge in [0.15, 0.2) is 16.5 Å². The number of amides is 3. The van der Waals surface area contributed by atoms with Crippen LogP contribution in [-0.4, -0.2) is 104 Å². The number of rotatable bonds is 14. The number of aromatic nitrogens is 5. The van der Waals surface area contributed by atoms with E-state index < -0.39 is 29.2 Å². The molecule has 3 aliphatic heterocycles. The molecule has 4 aliphatic rings. The first kappa shape index (κ1) is 54.5. The maximum absolute atomic E-state index is 15.2. The van der Waals surface area contributed by atoms with E-state index in [0.717, 1.165) is 116 Å². The highest BCUT2D eigenvalue weighted by molar-refractivity contribution is 7.22. The molecule has 0 bridgehead atoms. The quantitative estimate of drug-likeness (QED) is 0.0598. The lowest BCUT2D eigenvalue weighted by Crippen LogP contribution is -2.46. The van der Waals surface area contributed by atoms with Crippen LogP contribution in [0, 0.1) is 5.92 Å². The van der Waals surface area contributed by atoms with Gasteiger partial charge in [-0.25, -0.2) is 19.7 Å².